The monoisotopic (exact) mass is 435 g/mol. The van der Waals surface area contributed by atoms with Gasteiger partial charge in [0.25, 0.3) is 0 Å². The second-order valence-corrected chi connectivity index (χ2v) is 7.82. The Morgan fingerprint density at radius 3 is 2.71 bits per heavy atom. The Morgan fingerprint density at radius 2 is 1.97 bits per heavy atom. The molecule has 0 fully saturated rings. The zero-order chi connectivity index (χ0) is 21.9. The van der Waals surface area contributed by atoms with Crippen LogP contribution < -0.4 is 15.8 Å². The van der Waals surface area contributed by atoms with Crippen LogP contribution in [0.25, 0.3) is 16.8 Å². The lowest BCUT2D eigenvalue weighted by molar-refractivity contribution is 0.628. The molecule has 0 unspecified atom stereocenters. The SMILES string of the molecule is CNSCCNc1ccc(-c2ccc(F)cc2)cc1C(N)=CC=NCc1cccnc1. The summed E-state index contributed by atoms with van der Waals surface area (Å²) in [5, 5.41) is 3.44. The highest BCUT2D eigenvalue weighted by Crippen LogP contribution is 2.28. The van der Waals surface area contributed by atoms with E-state index in [-0.39, 0.29) is 5.82 Å². The van der Waals surface area contributed by atoms with Gasteiger partial charge in [0.05, 0.1) is 6.54 Å². The molecule has 0 saturated heterocycles. The van der Waals surface area contributed by atoms with Crippen molar-refractivity contribution in [1.82, 2.24) is 9.71 Å². The van der Waals surface area contributed by atoms with Crippen LogP contribution in [0.4, 0.5) is 10.1 Å². The van der Waals surface area contributed by atoms with E-state index in [1.165, 1.54) is 12.1 Å². The van der Waals surface area contributed by atoms with Gasteiger partial charge in [-0.15, -0.1) is 0 Å². The van der Waals surface area contributed by atoms with Crippen molar-refractivity contribution in [3.63, 3.8) is 0 Å². The summed E-state index contributed by atoms with van der Waals surface area (Å²) in [4.78, 5) is 8.51. The van der Waals surface area contributed by atoms with E-state index in [1.54, 1.807) is 48.8 Å². The zero-order valence-electron chi connectivity index (χ0n) is 17.4. The van der Waals surface area contributed by atoms with Crippen LogP contribution in [-0.4, -0.2) is 30.5 Å². The molecule has 0 aliphatic carbocycles. The van der Waals surface area contributed by atoms with E-state index in [9.17, 15) is 4.39 Å². The molecular formula is C24H26FN5S. The van der Waals surface area contributed by atoms with Crippen LogP contribution in [0.15, 0.2) is 78.1 Å². The van der Waals surface area contributed by atoms with Crippen LogP contribution in [0.5, 0.6) is 0 Å². The Hall–Kier alpha value is -3.16. The molecule has 0 aliphatic heterocycles. The first-order valence-corrected chi connectivity index (χ1v) is 10.9. The highest BCUT2D eigenvalue weighted by molar-refractivity contribution is 7.97. The van der Waals surface area contributed by atoms with Crippen LogP contribution in [0.3, 0.4) is 0 Å². The van der Waals surface area contributed by atoms with Gasteiger partial charge in [-0.25, -0.2) is 4.39 Å². The standard InChI is InChI=1S/C24H26FN5S/c1-27-31-14-13-30-24-9-6-20(19-4-7-21(25)8-5-19)15-22(24)23(26)10-12-29-17-18-3-2-11-28-16-18/h2-12,15-16,27,30H,13-14,17,26H2,1H3. The van der Waals surface area contributed by atoms with Crippen molar-refractivity contribution in [3.05, 3.63) is 90.0 Å². The van der Waals surface area contributed by atoms with Crippen molar-refractivity contribution in [2.75, 3.05) is 24.7 Å². The van der Waals surface area contributed by atoms with Gasteiger partial charge < -0.3 is 11.1 Å². The van der Waals surface area contributed by atoms with Crippen molar-refractivity contribution in [3.8, 4) is 11.1 Å². The minimum Gasteiger partial charge on any atom is -0.398 e. The number of rotatable bonds is 10. The van der Waals surface area contributed by atoms with E-state index < -0.39 is 0 Å². The molecule has 4 N–H and O–H groups in total. The van der Waals surface area contributed by atoms with E-state index in [4.69, 9.17) is 5.73 Å². The second-order valence-electron chi connectivity index (χ2n) is 6.72. The summed E-state index contributed by atoms with van der Waals surface area (Å²) in [6.45, 7) is 1.33. The van der Waals surface area contributed by atoms with Gasteiger partial charge in [-0.1, -0.05) is 36.2 Å². The molecular weight excluding hydrogens is 409 g/mol. The number of hydrogen-bond acceptors (Lipinski definition) is 6. The number of nitrogens with two attached hydrogens (primary N) is 1. The summed E-state index contributed by atoms with van der Waals surface area (Å²) in [5.41, 5.74) is 11.8. The lowest BCUT2D eigenvalue weighted by atomic mass is 10.00. The molecule has 5 nitrogen and oxygen atoms in total. The maximum absolute atomic E-state index is 13.3. The number of nitrogens with one attached hydrogen (secondary N) is 2. The van der Waals surface area contributed by atoms with Crippen LogP contribution >= 0.6 is 11.9 Å². The van der Waals surface area contributed by atoms with Crippen molar-refractivity contribution >= 4 is 29.5 Å². The van der Waals surface area contributed by atoms with Crippen molar-refractivity contribution < 1.29 is 4.39 Å². The summed E-state index contributed by atoms with van der Waals surface area (Å²) in [6.07, 6.45) is 7.05. The molecule has 0 spiro atoms. The molecule has 1 heterocycles. The van der Waals surface area contributed by atoms with E-state index >= 15 is 0 Å². The molecule has 0 bridgehead atoms. The van der Waals surface area contributed by atoms with Crippen LogP contribution in [0, 0.1) is 5.82 Å². The molecule has 160 valence electrons. The van der Waals surface area contributed by atoms with E-state index in [2.05, 4.69) is 20.0 Å². The number of benzene rings is 2. The molecule has 2 aromatic carbocycles. The van der Waals surface area contributed by atoms with Gasteiger partial charge in [0.15, 0.2) is 0 Å². The van der Waals surface area contributed by atoms with Gasteiger partial charge in [-0.2, -0.15) is 0 Å². The number of aromatic nitrogens is 1. The molecule has 1 aromatic heterocycles. The Kier molecular flexibility index (Phi) is 8.63. The molecule has 0 aliphatic rings. The largest absolute Gasteiger partial charge is 0.398 e. The second kappa shape index (κ2) is 11.9. The van der Waals surface area contributed by atoms with Gasteiger partial charge in [0.2, 0.25) is 0 Å². The predicted octanol–water partition coefficient (Wildman–Crippen LogP) is 4.74. The minimum absolute atomic E-state index is 0.256. The molecule has 3 rings (SSSR count). The third kappa shape index (κ3) is 6.94. The first kappa shape index (κ1) is 22.5. The topological polar surface area (TPSA) is 75.3 Å². The van der Waals surface area contributed by atoms with Crippen molar-refractivity contribution in [1.29, 1.82) is 0 Å². The average molecular weight is 436 g/mol. The number of anilines is 1. The quantitative estimate of drug-likeness (QED) is 0.244. The van der Waals surface area contributed by atoms with Gasteiger partial charge in [0, 0.05) is 47.9 Å². The Labute approximate surface area is 186 Å². The van der Waals surface area contributed by atoms with Crippen LogP contribution in [0.1, 0.15) is 11.1 Å². The highest BCUT2D eigenvalue weighted by Gasteiger charge is 2.08. The van der Waals surface area contributed by atoms with Crippen molar-refractivity contribution in [2.45, 2.75) is 6.54 Å². The first-order chi connectivity index (χ1) is 15.2. The third-order valence-corrected chi connectivity index (χ3v) is 5.23. The van der Waals surface area contributed by atoms with Gasteiger partial charge in [-0.05, 0) is 60.1 Å². The normalized spacial score (nSPS) is 11.7. The smallest absolute Gasteiger partial charge is 0.123 e. The Balaban J connectivity index is 1.82. The predicted molar refractivity (Wildman–Crippen MR) is 130 cm³/mol. The first-order valence-electron chi connectivity index (χ1n) is 9.94. The number of halogens is 1. The fraction of sp³-hybridized carbons (Fsp3) is 0.167. The summed E-state index contributed by atoms with van der Waals surface area (Å²) in [7, 11) is 1.90. The molecule has 0 atom stereocenters. The lowest BCUT2D eigenvalue weighted by Crippen LogP contribution is -2.10. The lowest BCUT2D eigenvalue weighted by Gasteiger charge is -2.14. The summed E-state index contributed by atoms with van der Waals surface area (Å²) in [6, 6.07) is 16.3. The zero-order valence-corrected chi connectivity index (χ0v) is 18.2. The summed E-state index contributed by atoms with van der Waals surface area (Å²) < 4.78 is 16.4. The minimum atomic E-state index is -0.256. The third-order valence-electron chi connectivity index (χ3n) is 4.53. The van der Waals surface area contributed by atoms with Crippen molar-refractivity contribution in [2.24, 2.45) is 10.7 Å². The number of allylic oxidation sites excluding steroid dienone is 1. The maximum Gasteiger partial charge on any atom is 0.123 e. The molecule has 3 aromatic rings. The number of aliphatic imine (C=N–C) groups is 1. The molecule has 31 heavy (non-hydrogen) atoms. The van der Waals surface area contributed by atoms with E-state index in [0.29, 0.717) is 12.2 Å². The summed E-state index contributed by atoms with van der Waals surface area (Å²) in [5.74, 6) is 0.653. The Bertz CT molecular complexity index is 1020. The molecule has 0 radical (unpaired) electrons. The van der Waals surface area contributed by atoms with Crippen LogP contribution in [-0.2, 0) is 6.54 Å². The van der Waals surface area contributed by atoms with Gasteiger partial charge >= 0.3 is 0 Å². The maximum atomic E-state index is 13.3. The van der Waals surface area contributed by atoms with Gasteiger partial charge in [-0.3, -0.25) is 14.7 Å². The molecule has 0 saturated carbocycles. The van der Waals surface area contributed by atoms with E-state index in [0.717, 1.165) is 40.2 Å². The molecule has 7 heteroatoms. The molecule has 0 amide bonds. The Morgan fingerprint density at radius 1 is 1.16 bits per heavy atom. The van der Waals surface area contributed by atoms with Gasteiger partial charge in [0.1, 0.15) is 5.82 Å². The van der Waals surface area contributed by atoms with E-state index in [1.807, 2.05) is 37.4 Å². The summed E-state index contributed by atoms with van der Waals surface area (Å²) >= 11 is 1.64. The fourth-order valence-electron chi connectivity index (χ4n) is 2.97. The number of pyridine rings is 1. The number of nitrogens with zero attached hydrogens (tertiary/aromatic N) is 2. The van der Waals surface area contributed by atoms with Crippen LogP contribution in [0.2, 0.25) is 0 Å². The highest BCUT2D eigenvalue weighted by atomic mass is 32.2. The average Bonchev–Trinajstić information content (AvgIpc) is 2.81. The fourth-order valence-corrected chi connectivity index (χ4v) is 3.38. The number of hydrogen-bond donors (Lipinski definition) is 3.